The van der Waals surface area contributed by atoms with Gasteiger partial charge in [0.2, 0.25) is 0 Å². The summed E-state index contributed by atoms with van der Waals surface area (Å²) in [7, 11) is -1.12. The van der Waals surface area contributed by atoms with Crippen molar-refractivity contribution in [2.24, 2.45) is 0 Å². The van der Waals surface area contributed by atoms with Crippen LogP contribution >= 0.6 is 7.26 Å². The predicted octanol–water partition coefficient (Wildman–Crippen LogP) is 7.57. The summed E-state index contributed by atoms with van der Waals surface area (Å²) in [4.78, 5) is 41.6. The van der Waals surface area contributed by atoms with Crippen molar-refractivity contribution in [3.63, 3.8) is 0 Å². The van der Waals surface area contributed by atoms with E-state index in [2.05, 4.69) is 91.5 Å². The summed E-state index contributed by atoms with van der Waals surface area (Å²) in [6, 6.07) is 43.5. The molecule has 0 aliphatic carbocycles. The first-order valence-electron chi connectivity index (χ1n) is 17.5. The molecule has 0 fully saturated rings. The van der Waals surface area contributed by atoms with Crippen molar-refractivity contribution >= 4 is 57.7 Å². The van der Waals surface area contributed by atoms with E-state index < -0.39 is 18.7 Å². The Morgan fingerprint density at radius 3 is 1.88 bits per heavy atom. The molecule has 0 amide bonds. The molecule has 264 valence electrons. The molecule has 6 rings (SSSR count). The molecule has 6 aromatic rings. The molecule has 0 saturated heterocycles. The van der Waals surface area contributed by atoms with Gasteiger partial charge in [-0.25, -0.2) is 4.79 Å². The standard InChI is InChI=1S/C44H42NO6P/c1-4-45(5-2)34-24-23-33-30-38(44(48)51-41(33)31-34)39(46)25-21-32-22-26-40(42(29-32)49-3)50-43(47)27-28-52(35-15-9-6-10-16-35,36-17-11-7-12-18-36)37-19-13-8-14-20-37/h6-26,29-31,52H,4-5,27-28H2,1-3H3. The van der Waals surface area contributed by atoms with Gasteiger partial charge in [0.05, 0.1) is 0 Å². The third-order valence-corrected chi connectivity index (χ3v) is 14.4. The molecule has 0 aliphatic heterocycles. The fourth-order valence-electron chi connectivity index (χ4n) is 6.76. The van der Waals surface area contributed by atoms with E-state index in [9.17, 15) is 14.4 Å². The molecular weight excluding hydrogens is 669 g/mol. The van der Waals surface area contributed by atoms with E-state index in [1.165, 1.54) is 29.1 Å². The van der Waals surface area contributed by atoms with E-state index in [4.69, 9.17) is 13.9 Å². The largest absolute Gasteiger partial charge is 0.422 e. The third-order valence-electron chi connectivity index (χ3n) is 9.46. The van der Waals surface area contributed by atoms with Gasteiger partial charge in [-0.05, 0) is 32.0 Å². The van der Waals surface area contributed by atoms with Gasteiger partial charge in [-0.2, -0.15) is 0 Å². The Bertz CT molecular complexity index is 2150. The number of esters is 1. The summed E-state index contributed by atoms with van der Waals surface area (Å²) in [5, 5.41) is 4.31. The number of allylic oxidation sites excluding steroid dienone is 1. The normalized spacial score (nSPS) is 11.8. The summed E-state index contributed by atoms with van der Waals surface area (Å²) in [5.74, 6) is -0.235. The van der Waals surface area contributed by atoms with Crippen LogP contribution in [0.4, 0.5) is 5.69 Å². The van der Waals surface area contributed by atoms with Gasteiger partial charge in [-0.15, -0.1) is 0 Å². The number of hydrogen-bond acceptors (Lipinski definition) is 7. The average molecular weight is 712 g/mol. The minimum atomic E-state index is -2.62. The van der Waals surface area contributed by atoms with Gasteiger partial charge < -0.3 is 9.32 Å². The van der Waals surface area contributed by atoms with Crippen molar-refractivity contribution in [2.45, 2.75) is 20.3 Å². The van der Waals surface area contributed by atoms with Crippen molar-refractivity contribution in [1.29, 1.82) is 0 Å². The second-order valence-electron chi connectivity index (χ2n) is 12.4. The van der Waals surface area contributed by atoms with Crippen LogP contribution in [0.25, 0.3) is 17.0 Å². The van der Waals surface area contributed by atoms with Gasteiger partial charge in [0.15, 0.2) is 0 Å². The number of carbonyl (C=O) groups excluding carboxylic acids is 2. The second kappa shape index (κ2) is 16.5. The molecule has 8 heteroatoms. The number of nitrogens with zero attached hydrogens (tertiary/aromatic N) is 1. The molecule has 52 heavy (non-hydrogen) atoms. The number of benzene rings is 5. The topological polar surface area (TPSA) is 86.0 Å². The fourth-order valence-corrected chi connectivity index (χ4v) is 11.5. The molecule has 1 aromatic heterocycles. The van der Waals surface area contributed by atoms with Crippen LogP contribution in [0.1, 0.15) is 36.2 Å². The van der Waals surface area contributed by atoms with Crippen LogP contribution in [-0.2, 0) is 4.79 Å². The molecule has 5 aromatic carbocycles. The van der Waals surface area contributed by atoms with Gasteiger partial charge in [0, 0.05) is 30.2 Å². The minimum Gasteiger partial charge on any atom is -0.422 e. The molecule has 0 aliphatic rings. The molecule has 0 bridgehead atoms. The zero-order valence-corrected chi connectivity index (χ0v) is 30.6. The van der Waals surface area contributed by atoms with Crippen LogP contribution in [0.2, 0.25) is 0 Å². The zero-order valence-electron chi connectivity index (χ0n) is 29.6. The number of anilines is 1. The Morgan fingerprint density at radius 1 is 0.731 bits per heavy atom. The number of carbonyl (C=O) groups is 2. The third kappa shape index (κ3) is 7.75. The van der Waals surface area contributed by atoms with Crippen LogP contribution in [0, 0.1) is 0 Å². The summed E-state index contributed by atoms with van der Waals surface area (Å²) >= 11 is 0. The molecule has 0 saturated carbocycles. The van der Waals surface area contributed by atoms with Gasteiger partial charge >= 0.3 is 223 Å². The molecule has 0 radical (unpaired) electrons. The zero-order chi connectivity index (χ0) is 36.5. The van der Waals surface area contributed by atoms with Gasteiger partial charge in [0.25, 0.3) is 0 Å². The predicted molar refractivity (Wildman–Crippen MR) is 214 cm³/mol. The van der Waals surface area contributed by atoms with E-state index in [1.54, 1.807) is 30.3 Å². The summed E-state index contributed by atoms with van der Waals surface area (Å²) in [5.41, 5.74) is 1.25. The second-order valence-corrected chi connectivity index (χ2v) is 16.5. The number of fused-ring (bicyclic) bond motifs is 1. The first-order chi connectivity index (χ1) is 25.4. The fraction of sp³-hybridized carbons (Fsp3) is 0.159. The molecule has 0 spiro atoms. The number of ketones is 1. The first-order valence-corrected chi connectivity index (χ1v) is 19.7. The van der Waals surface area contributed by atoms with Gasteiger partial charge in [0.1, 0.15) is 5.58 Å². The summed E-state index contributed by atoms with van der Waals surface area (Å²) in [6.45, 7) is 5.76. The summed E-state index contributed by atoms with van der Waals surface area (Å²) < 4.78 is 17.0. The van der Waals surface area contributed by atoms with Crippen molar-refractivity contribution < 1.29 is 23.5 Å². The van der Waals surface area contributed by atoms with E-state index in [0.29, 0.717) is 28.4 Å². The molecule has 1 heterocycles. The first kappa shape index (κ1) is 36.0. The van der Waals surface area contributed by atoms with Crippen molar-refractivity contribution in [1.82, 2.24) is 0 Å². The van der Waals surface area contributed by atoms with E-state index in [0.717, 1.165) is 18.8 Å². The Hall–Kier alpha value is -5.78. The molecule has 0 N–H and O–H groups in total. The van der Waals surface area contributed by atoms with Crippen LogP contribution in [0.15, 0.2) is 149 Å². The maximum absolute atomic E-state index is 13.5. The number of hydrogen-bond donors (Lipinski definition) is 0. The van der Waals surface area contributed by atoms with E-state index >= 15 is 0 Å². The quantitative estimate of drug-likeness (QED) is 0.0288. The van der Waals surface area contributed by atoms with E-state index in [-0.39, 0.29) is 23.7 Å². The number of methoxy groups -OCH3 is 1. The Kier molecular flexibility index (Phi) is 11.4. The average Bonchev–Trinajstić information content (AvgIpc) is 3.19. The van der Waals surface area contributed by atoms with Gasteiger partial charge in [-0.1, -0.05) is 0 Å². The molecule has 7 nitrogen and oxygen atoms in total. The monoisotopic (exact) mass is 711 g/mol. The molecular formula is C44H42NO6P. The van der Waals surface area contributed by atoms with Crippen LogP contribution < -0.4 is 35.9 Å². The molecule has 0 atom stereocenters. The number of ether oxygens (including phenoxy) is 2. The number of rotatable bonds is 14. The Balaban J connectivity index is 1.19. The van der Waals surface area contributed by atoms with Crippen molar-refractivity contribution in [3.8, 4) is 11.5 Å². The van der Waals surface area contributed by atoms with Crippen LogP contribution in [0.5, 0.6) is 11.5 Å². The summed E-state index contributed by atoms with van der Waals surface area (Å²) in [6.07, 6.45) is 3.71. The van der Waals surface area contributed by atoms with Crippen molar-refractivity contribution in [3.05, 3.63) is 161 Å². The maximum Gasteiger partial charge on any atom is 0.347 e. The Morgan fingerprint density at radius 2 is 1.33 bits per heavy atom. The van der Waals surface area contributed by atoms with Crippen molar-refractivity contribution in [2.75, 3.05) is 31.3 Å². The SMILES string of the molecule is CCN(CC)c1ccc2cc(C(=O)C=Cc3ccc(OC(=O)CC[PH](c4ccccc4)(c4ccccc4)c4ccccc4)c(OC)c3)c(=O)oc2c1. The van der Waals surface area contributed by atoms with Crippen LogP contribution in [0.3, 0.4) is 0 Å². The van der Waals surface area contributed by atoms with E-state index in [1.807, 2.05) is 36.4 Å². The maximum atomic E-state index is 13.5. The minimum absolute atomic E-state index is 0.0574. The molecule has 0 unspecified atom stereocenters. The Labute approximate surface area is 304 Å². The smallest absolute Gasteiger partial charge is 0.347 e. The van der Waals surface area contributed by atoms with Gasteiger partial charge in [-0.3, -0.25) is 0 Å². The van der Waals surface area contributed by atoms with Crippen LogP contribution in [-0.4, -0.2) is 38.1 Å².